The zero-order chi connectivity index (χ0) is 22.1. The highest BCUT2D eigenvalue weighted by molar-refractivity contribution is 5.95. The molecule has 2 aromatic carbocycles. The van der Waals surface area contributed by atoms with Gasteiger partial charge in [-0.05, 0) is 50.2 Å². The third-order valence-electron chi connectivity index (χ3n) is 4.43. The van der Waals surface area contributed by atoms with Gasteiger partial charge in [-0.2, -0.15) is 5.10 Å². The van der Waals surface area contributed by atoms with Crippen molar-refractivity contribution in [3.63, 3.8) is 0 Å². The van der Waals surface area contributed by atoms with Crippen molar-refractivity contribution in [2.75, 3.05) is 13.1 Å². The van der Waals surface area contributed by atoms with Crippen molar-refractivity contribution in [1.82, 2.24) is 14.7 Å². The molecule has 3 aromatic rings. The highest BCUT2D eigenvalue weighted by atomic mass is 19.4. The molecular weight excluding hydrogens is 406 g/mol. The molecular formula is C20H17F4N3O3. The number of nitrogens with zero attached hydrogens (tertiary/aromatic N) is 3. The van der Waals surface area contributed by atoms with E-state index in [0.29, 0.717) is 13.1 Å². The average molecular weight is 423 g/mol. The summed E-state index contributed by atoms with van der Waals surface area (Å²) in [4.78, 5) is 26.9. The molecule has 0 saturated carbocycles. The van der Waals surface area contributed by atoms with Crippen molar-refractivity contribution < 1.29 is 27.1 Å². The van der Waals surface area contributed by atoms with Crippen LogP contribution < -0.4 is 10.2 Å². The van der Waals surface area contributed by atoms with E-state index in [-0.39, 0.29) is 16.6 Å². The molecule has 0 aliphatic rings. The zero-order valence-electron chi connectivity index (χ0n) is 16.0. The summed E-state index contributed by atoms with van der Waals surface area (Å²) in [5.41, 5.74) is -1.05. The van der Waals surface area contributed by atoms with E-state index in [1.807, 2.05) is 0 Å². The molecule has 0 unspecified atom stereocenters. The lowest BCUT2D eigenvalue weighted by Crippen LogP contribution is -2.36. The number of alkyl halides is 3. The minimum atomic E-state index is -4.85. The monoisotopic (exact) mass is 423 g/mol. The van der Waals surface area contributed by atoms with E-state index in [1.165, 1.54) is 29.2 Å². The third kappa shape index (κ3) is 4.12. The van der Waals surface area contributed by atoms with E-state index < -0.39 is 35.0 Å². The summed E-state index contributed by atoms with van der Waals surface area (Å²) in [7, 11) is 0. The maximum Gasteiger partial charge on any atom is 0.573 e. The van der Waals surface area contributed by atoms with Crippen molar-refractivity contribution in [1.29, 1.82) is 0 Å². The Bertz CT molecular complexity index is 1140. The highest BCUT2D eigenvalue weighted by Gasteiger charge is 2.31. The van der Waals surface area contributed by atoms with Gasteiger partial charge in [0.2, 0.25) is 5.43 Å². The molecule has 30 heavy (non-hydrogen) atoms. The standard InChI is InChI=1S/C20H17F4N3O3/c1-3-26(4-2)19(29)17-18(28)16-14(21)6-5-7-15(16)27(25-17)12-8-10-13(11-9-12)30-20(22,23)24/h5-11H,3-4H2,1-2H3. The Balaban J connectivity index is 2.21. The van der Waals surface area contributed by atoms with Crippen LogP contribution in [0, 0.1) is 5.82 Å². The second kappa shape index (κ2) is 8.13. The van der Waals surface area contributed by atoms with Crippen LogP contribution in [-0.2, 0) is 0 Å². The molecule has 0 spiro atoms. The molecule has 0 saturated heterocycles. The number of hydrogen-bond acceptors (Lipinski definition) is 4. The van der Waals surface area contributed by atoms with Crippen LogP contribution in [0.1, 0.15) is 24.3 Å². The van der Waals surface area contributed by atoms with E-state index >= 15 is 0 Å². The number of hydrogen-bond donors (Lipinski definition) is 0. The van der Waals surface area contributed by atoms with Gasteiger partial charge in [-0.1, -0.05) is 6.07 Å². The van der Waals surface area contributed by atoms with Crippen molar-refractivity contribution in [3.8, 4) is 11.4 Å². The molecule has 0 bridgehead atoms. The van der Waals surface area contributed by atoms with Crippen LogP contribution in [0.2, 0.25) is 0 Å². The molecule has 0 fully saturated rings. The summed E-state index contributed by atoms with van der Waals surface area (Å²) in [5.74, 6) is -1.96. The number of amides is 1. The first-order chi connectivity index (χ1) is 14.2. The predicted octanol–water partition coefficient (Wildman–Crippen LogP) is 3.91. The number of aromatic nitrogens is 2. The molecule has 0 N–H and O–H groups in total. The molecule has 10 heteroatoms. The van der Waals surface area contributed by atoms with Crippen LogP contribution >= 0.6 is 0 Å². The lowest BCUT2D eigenvalue weighted by Gasteiger charge is -2.19. The van der Waals surface area contributed by atoms with Gasteiger partial charge in [0, 0.05) is 13.1 Å². The quantitative estimate of drug-likeness (QED) is 0.584. The van der Waals surface area contributed by atoms with Crippen molar-refractivity contribution >= 4 is 16.8 Å². The minimum absolute atomic E-state index is 0.0700. The summed E-state index contributed by atoms with van der Waals surface area (Å²) >= 11 is 0. The SMILES string of the molecule is CCN(CC)C(=O)c1nn(-c2ccc(OC(F)(F)F)cc2)c2cccc(F)c2c1=O. The van der Waals surface area contributed by atoms with Gasteiger partial charge in [-0.3, -0.25) is 9.59 Å². The lowest BCUT2D eigenvalue weighted by atomic mass is 10.1. The first-order valence-corrected chi connectivity index (χ1v) is 9.03. The number of rotatable bonds is 5. The van der Waals surface area contributed by atoms with Gasteiger partial charge in [-0.15, -0.1) is 13.2 Å². The molecule has 0 aliphatic carbocycles. The van der Waals surface area contributed by atoms with Gasteiger partial charge in [0.15, 0.2) is 5.69 Å². The topological polar surface area (TPSA) is 64.4 Å². The van der Waals surface area contributed by atoms with Crippen LogP contribution in [0.4, 0.5) is 17.6 Å². The van der Waals surface area contributed by atoms with Gasteiger partial charge in [0.25, 0.3) is 5.91 Å². The van der Waals surface area contributed by atoms with Crippen molar-refractivity contribution in [2.45, 2.75) is 20.2 Å². The highest BCUT2D eigenvalue weighted by Crippen LogP contribution is 2.25. The Hall–Kier alpha value is -3.43. The average Bonchev–Trinajstić information content (AvgIpc) is 2.69. The van der Waals surface area contributed by atoms with Gasteiger partial charge >= 0.3 is 6.36 Å². The second-order valence-electron chi connectivity index (χ2n) is 6.24. The van der Waals surface area contributed by atoms with E-state index in [2.05, 4.69) is 9.84 Å². The molecule has 158 valence electrons. The minimum Gasteiger partial charge on any atom is -0.406 e. The van der Waals surface area contributed by atoms with E-state index in [0.717, 1.165) is 22.9 Å². The molecule has 0 aliphatic heterocycles. The summed E-state index contributed by atoms with van der Waals surface area (Å²) < 4.78 is 56.6. The third-order valence-corrected chi connectivity index (χ3v) is 4.43. The largest absolute Gasteiger partial charge is 0.573 e. The van der Waals surface area contributed by atoms with Crippen LogP contribution in [0.15, 0.2) is 47.3 Å². The van der Waals surface area contributed by atoms with Gasteiger partial charge in [0.05, 0.1) is 16.6 Å². The Morgan fingerprint density at radius 2 is 1.73 bits per heavy atom. The van der Waals surface area contributed by atoms with Crippen LogP contribution in [-0.4, -0.2) is 40.0 Å². The number of benzene rings is 2. The Morgan fingerprint density at radius 3 is 2.30 bits per heavy atom. The van der Waals surface area contributed by atoms with E-state index in [1.54, 1.807) is 13.8 Å². The predicted molar refractivity (Wildman–Crippen MR) is 101 cm³/mol. The Labute approximate surface area is 168 Å². The number of carbonyl (C=O) groups excluding carboxylic acids is 1. The fraction of sp³-hybridized carbons (Fsp3) is 0.250. The molecule has 3 rings (SSSR count). The summed E-state index contributed by atoms with van der Waals surface area (Å²) in [5, 5.41) is 3.78. The van der Waals surface area contributed by atoms with Crippen LogP contribution in [0.5, 0.6) is 5.75 Å². The summed E-state index contributed by atoms with van der Waals surface area (Å²) in [6.45, 7) is 4.08. The maximum absolute atomic E-state index is 14.5. The van der Waals surface area contributed by atoms with Crippen LogP contribution in [0.3, 0.4) is 0 Å². The maximum atomic E-state index is 14.5. The van der Waals surface area contributed by atoms with Gasteiger partial charge < -0.3 is 9.64 Å². The number of fused-ring (bicyclic) bond motifs is 1. The summed E-state index contributed by atoms with van der Waals surface area (Å²) in [6.07, 6.45) is -4.85. The van der Waals surface area contributed by atoms with Gasteiger partial charge in [-0.25, -0.2) is 9.07 Å². The van der Waals surface area contributed by atoms with Crippen molar-refractivity contribution in [2.24, 2.45) is 0 Å². The fourth-order valence-electron chi connectivity index (χ4n) is 3.02. The Kier molecular flexibility index (Phi) is 5.77. The van der Waals surface area contributed by atoms with Gasteiger partial charge in [0.1, 0.15) is 11.6 Å². The molecule has 0 atom stereocenters. The molecule has 0 radical (unpaired) electrons. The van der Waals surface area contributed by atoms with Crippen molar-refractivity contribution in [3.05, 3.63) is 64.2 Å². The zero-order valence-corrected chi connectivity index (χ0v) is 16.0. The molecule has 1 amide bonds. The first kappa shape index (κ1) is 21.3. The Morgan fingerprint density at radius 1 is 1.10 bits per heavy atom. The normalized spacial score (nSPS) is 11.5. The number of ether oxygens (including phenoxy) is 1. The van der Waals surface area contributed by atoms with E-state index in [4.69, 9.17) is 0 Å². The smallest absolute Gasteiger partial charge is 0.406 e. The number of halogens is 4. The van der Waals surface area contributed by atoms with Crippen LogP contribution in [0.25, 0.3) is 16.6 Å². The summed E-state index contributed by atoms with van der Waals surface area (Å²) in [6, 6.07) is 8.50. The molecule has 1 aromatic heterocycles. The first-order valence-electron chi connectivity index (χ1n) is 9.03. The lowest BCUT2D eigenvalue weighted by molar-refractivity contribution is -0.274. The fourth-order valence-corrected chi connectivity index (χ4v) is 3.02. The number of carbonyl (C=O) groups is 1. The second-order valence-corrected chi connectivity index (χ2v) is 6.24. The molecule has 1 heterocycles. The van der Waals surface area contributed by atoms with E-state index in [9.17, 15) is 27.2 Å². The molecule has 6 nitrogen and oxygen atoms in total.